The van der Waals surface area contributed by atoms with Crippen LogP contribution in [0.1, 0.15) is 13.8 Å². The molecule has 0 aromatic heterocycles. The summed E-state index contributed by atoms with van der Waals surface area (Å²) >= 11 is 0. The average Bonchev–Trinajstić information content (AvgIpc) is 1.98. The number of quaternary nitrogens is 1. The Bertz CT molecular complexity index is 189. The molecule has 0 radical (unpaired) electrons. The zero-order valence-corrected chi connectivity index (χ0v) is 8.97. The third-order valence-corrected chi connectivity index (χ3v) is 3.05. The van der Waals surface area contributed by atoms with Crippen molar-refractivity contribution in [3.8, 4) is 0 Å². The van der Waals surface area contributed by atoms with E-state index >= 15 is 0 Å². The Kier molecular flexibility index (Phi) is 2.55. The molecule has 0 aliphatic carbocycles. The highest BCUT2D eigenvalue weighted by molar-refractivity contribution is 4.82. The molecule has 0 bridgehead atoms. The summed E-state index contributed by atoms with van der Waals surface area (Å²) in [7, 11) is 0. The van der Waals surface area contributed by atoms with Crippen LogP contribution in [0.4, 0.5) is 0 Å². The van der Waals surface area contributed by atoms with E-state index in [1.807, 2.05) is 0 Å². The van der Waals surface area contributed by atoms with Gasteiger partial charge < -0.3 is 19.7 Å². The third-order valence-electron chi connectivity index (χ3n) is 3.05. The largest absolute Gasteiger partial charge is 0.634 e. The lowest BCUT2D eigenvalue weighted by molar-refractivity contribution is -0.866. The first kappa shape index (κ1) is 10.4. The van der Waals surface area contributed by atoms with Gasteiger partial charge in [-0.2, -0.15) is 0 Å². The summed E-state index contributed by atoms with van der Waals surface area (Å²) in [6.45, 7) is 8.54. The van der Waals surface area contributed by atoms with Crippen molar-refractivity contribution in [2.24, 2.45) is 10.8 Å². The Balaban J connectivity index is 1.75. The SMILES string of the molecule is CC1(C[NH+]([O-])CC2(C)COC2)COC1. The second kappa shape index (κ2) is 3.45. The second-order valence-corrected chi connectivity index (χ2v) is 5.50. The van der Waals surface area contributed by atoms with Gasteiger partial charge in [0.25, 0.3) is 0 Å². The Labute approximate surface area is 84.7 Å². The summed E-state index contributed by atoms with van der Waals surface area (Å²) in [4.78, 5) is 0. The van der Waals surface area contributed by atoms with Gasteiger partial charge in [-0.25, -0.2) is 0 Å². The molecule has 2 aliphatic heterocycles. The van der Waals surface area contributed by atoms with Crippen LogP contribution in [0.15, 0.2) is 0 Å². The zero-order chi connectivity index (χ0) is 10.2. The van der Waals surface area contributed by atoms with Crippen LogP contribution in [0.2, 0.25) is 0 Å². The van der Waals surface area contributed by atoms with Crippen molar-refractivity contribution in [1.29, 1.82) is 0 Å². The van der Waals surface area contributed by atoms with Crippen molar-refractivity contribution < 1.29 is 14.5 Å². The fourth-order valence-electron chi connectivity index (χ4n) is 2.12. The van der Waals surface area contributed by atoms with E-state index in [4.69, 9.17) is 9.47 Å². The molecule has 2 heterocycles. The highest BCUT2D eigenvalue weighted by Crippen LogP contribution is 2.26. The van der Waals surface area contributed by atoms with Gasteiger partial charge in [-0.3, -0.25) is 0 Å². The number of rotatable bonds is 4. The van der Waals surface area contributed by atoms with E-state index < -0.39 is 0 Å². The molecule has 0 amide bonds. The van der Waals surface area contributed by atoms with E-state index in [-0.39, 0.29) is 10.8 Å². The van der Waals surface area contributed by atoms with Crippen LogP contribution in [0.5, 0.6) is 0 Å². The van der Waals surface area contributed by atoms with Crippen molar-refractivity contribution >= 4 is 0 Å². The number of hydrogen-bond acceptors (Lipinski definition) is 3. The van der Waals surface area contributed by atoms with Crippen molar-refractivity contribution in [3.63, 3.8) is 0 Å². The van der Waals surface area contributed by atoms with Gasteiger partial charge in [0.2, 0.25) is 0 Å². The van der Waals surface area contributed by atoms with Gasteiger partial charge in [-0.1, -0.05) is 0 Å². The van der Waals surface area contributed by atoms with Crippen LogP contribution in [0, 0.1) is 16.0 Å². The van der Waals surface area contributed by atoms with E-state index in [1.54, 1.807) is 0 Å². The minimum atomic E-state index is 0.123. The monoisotopic (exact) mass is 201 g/mol. The molecule has 14 heavy (non-hydrogen) atoms. The Morgan fingerprint density at radius 3 is 1.57 bits per heavy atom. The molecule has 2 fully saturated rings. The highest BCUT2D eigenvalue weighted by Gasteiger charge is 2.40. The Morgan fingerprint density at radius 1 is 1.00 bits per heavy atom. The van der Waals surface area contributed by atoms with Gasteiger partial charge >= 0.3 is 0 Å². The smallest absolute Gasteiger partial charge is 0.0867 e. The number of nitrogens with one attached hydrogen (secondary N) is 1. The Morgan fingerprint density at radius 2 is 1.36 bits per heavy atom. The molecule has 0 unspecified atom stereocenters. The molecule has 82 valence electrons. The van der Waals surface area contributed by atoms with Crippen molar-refractivity contribution in [2.75, 3.05) is 39.5 Å². The van der Waals surface area contributed by atoms with E-state index in [0.717, 1.165) is 26.4 Å². The molecule has 0 saturated carbocycles. The lowest BCUT2D eigenvalue weighted by atomic mass is 9.85. The van der Waals surface area contributed by atoms with Gasteiger partial charge in [-0.05, 0) is 13.8 Å². The lowest BCUT2D eigenvalue weighted by Gasteiger charge is -2.45. The standard InChI is InChI=1S/C10H19NO3/c1-9(5-13-6-9)3-11(12)4-10(2)7-14-8-10/h11H,3-8H2,1-2H3. The van der Waals surface area contributed by atoms with Crippen LogP contribution in [0.25, 0.3) is 0 Å². The van der Waals surface area contributed by atoms with Gasteiger partial charge in [0.15, 0.2) is 0 Å². The first-order valence-electron chi connectivity index (χ1n) is 5.19. The minimum Gasteiger partial charge on any atom is -0.634 e. The predicted octanol–water partition coefficient (Wildman–Crippen LogP) is -0.558. The third kappa shape index (κ3) is 2.08. The molecular weight excluding hydrogens is 182 g/mol. The minimum absolute atomic E-state index is 0.123. The summed E-state index contributed by atoms with van der Waals surface area (Å²) in [6, 6.07) is 0. The van der Waals surface area contributed by atoms with E-state index in [9.17, 15) is 5.21 Å². The number of ether oxygens (including phenoxy) is 2. The highest BCUT2D eigenvalue weighted by atomic mass is 16.5. The van der Waals surface area contributed by atoms with Gasteiger partial charge in [0.05, 0.1) is 50.3 Å². The summed E-state index contributed by atoms with van der Waals surface area (Å²) in [5.41, 5.74) is 0.246. The summed E-state index contributed by atoms with van der Waals surface area (Å²) in [6.07, 6.45) is 0. The summed E-state index contributed by atoms with van der Waals surface area (Å²) < 4.78 is 10.3. The molecule has 1 N–H and O–H groups in total. The summed E-state index contributed by atoms with van der Waals surface area (Å²) in [5.74, 6) is 0. The lowest BCUT2D eigenvalue weighted by Crippen LogP contribution is -3.11. The number of hydrogen-bond donors (Lipinski definition) is 1. The van der Waals surface area contributed by atoms with Gasteiger partial charge in [-0.15, -0.1) is 0 Å². The first-order chi connectivity index (χ1) is 6.52. The molecular formula is C10H19NO3. The van der Waals surface area contributed by atoms with Crippen LogP contribution in [-0.2, 0) is 9.47 Å². The van der Waals surface area contributed by atoms with E-state index in [2.05, 4.69) is 13.8 Å². The maximum Gasteiger partial charge on any atom is 0.0867 e. The maximum absolute atomic E-state index is 11.7. The van der Waals surface area contributed by atoms with Gasteiger partial charge in [0, 0.05) is 0 Å². The van der Waals surface area contributed by atoms with E-state index in [0.29, 0.717) is 18.2 Å². The quantitative estimate of drug-likeness (QED) is 0.620. The average molecular weight is 201 g/mol. The van der Waals surface area contributed by atoms with Crippen LogP contribution in [-0.4, -0.2) is 39.5 Å². The molecule has 4 nitrogen and oxygen atoms in total. The van der Waals surface area contributed by atoms with Crippen LogP contribution in [0.3, 0.4) is 0 Å². The van der Waals surface area contributed by atoms with Crippen molar-refractivity contribution in [3.05, 3.63) is 5.21 Å². The molecule has 0 atom stereocenters. The normalized spacial score (nSPS) is 28.3. The topological polar surface area (TPSA) is 46.0 Å². The Hall–Kier alpha value is -0.160. The molecule has 2 rings (SSSR count). The zero-order valence-electron chi connectivity index (χ0n) is 8.97. The van der Waals surface area contributed by atoms with Crippen molar-refractivity contribution in [2.45, 2.75) is 13.8 Å². The first-order valence-corrected chi connectivity index (χ1v) is 5.19. The predicted molar refractivity (Wildman–Crippen MR) is 51.9 cm³/mol. The second-order valence-electron chi connectivity index (χ2n) is 5.50. The molecule has 0 aromatic carbocycles. The maximum atomic E-state index is 11.7. The van der Waals surface area contributed by atoms with Crippen LogP contribution < -0.4 is 5.06 Å². The number of hydroxylamine groups is 2. The summed E-state index contributed by atoms with van der Waals surface area (Å²) in [5, 5.41) is 12.1. The molecule has 2 aliphatic rings. The molecule has 2 saturated heterocycles. The molecule has 0 spiro atoms. The van der Waals surface area contributed by atoms with Crippen molar-refractivity contribution in [1.82, 2.24) is 0 Å². The van der Waals surface area contributed by atoms with Crippen LogP contribution >= 0.6 is 0 Å². The van der Waals surface area contributed by atoms with Gasteiger partial charge in [0.1, 0.15) is 0 Å². The van der Waals surface area contributed by atoms with E-state index in [1.165, 1.54) is 0 Å². The fourth-order valence-corrected chi connectivity index (χ4v) is 2.12. The fraction of sp³-hybridized carbons (Fsp3) is 1.00. The molecule has 4 heteroatoms. The molecule has 0 aromatic rings.